The van der Waals surface area contributed by atoms with E-state index in [9.17, 15) is 4.79 Å². The SMILES string of the molecule is COc1cccc(OC)c1Oc1ccc(C=O)s1. The fourth-order valence-electron chi connectivity index (χ4n) is 1.47. The molecule has 18 heavy (non-hydrogen) atoms. The van der Waals surface area contributed by atoms with Gasteiger partial charge in [0.2, 0.25) is 5.75 Å². The molecule has 0 radical (unpaired) electrons. The molecule has 0 saturated carbocycles. The largest absolute Gasteiger partial charge is 0.493 e. The molecule has 2 aromatic rings. The lowest BCUT2D eigenvalue weighted by atomic mass is 10.3. The summed E-state index contributed by atoms with van der Waals surface area (Å²) in [5.41, 5.74) is 0. The molecular weight excluding hydrogens is 252 g/mol. The summed E-state index contributed by atoms with van der Waals surface area (Å²) < 4.78 is 16.2. The summed E-state index contributed by atoms with van der Waals surface area (Å²) in [5, 5.41) is 0.611. The van der Waals surface area contributed by atoms with Gasteiger partial charge in [-0.15, -0.1) is 0 Å². The molecule has 1 heterocycles. The molecule has 0 unspecified atom stereocenters. The van der Waals surface area contributed by atoms with Crippen molar-refractivity contribution in [3.8, 4) is 22.3 Å². The molecule has 94 valence electrons. The molecule has 1 aromatic carbocycles. The van der Waals surface area contributed by atoms with Crippen molar-refractivity contribution in [3.05, 3.63) is 35.2 Å². The van der Waals surface area contributed by atoms with E-state index < -0.39 is 0 Å². The van der Waals surface area contributed by atoms with Crippen molar-refractivity contribution < 1.29 is 19.0 Å². The first-order valence-corrected chi connectivity index (χ1v) is 6.04. The van der Waals surface area contributed by atoms with E-state index >= 15 is 0 Å². The number of thiophene rings is 1. The maximum absolute atomic E-state index is 10.6. The fraction of sp³-hybridized carbons (Fsp3) is 0.154. The minimum absolute atomic E-state index is 0.502. The van der Waals surface area contributed by atoms with Gasteiger partial charge in [0.05, 0.1) is 19.1 Å². The quantitative estimate of drug-likeness (QED) is 0.777. The molecule has 2 rings (SSSR count). The molecule has 0 amide bonds. The van der Waals surface area contributed by atoms with Crippen molar-refractivity contribution in [2.75, 3.05) is 14.2 Å². The summed E-state index contributed by atoms with van der Waals surface area (Å²) in [5.74, 6) is 1.66. The van der Waals surface area contributed by atoms with E-state index in [0.717, 1.165) is 6.29 Å². The van der Waals surface area contributed by atoms with Crippen molar-refractivity contribution in [1.82, 2.24) is 0 Å². The number of aldehydes is 1. The fourth-order valence-corrected chi connectivity index (χ4v) is 2.15. The molecule has 0 aliphatic rings. The van der Waals surface area contributed by atoms with Crippen LogP contribution in [0, 0.1) is 0 Å². The molecular formula is C13H12O4S. The maximum atomic E-state index is 10.6. The Labute approximate surface area is 109 Å². The molecule has 5 heteroatoms. The van der Waals surface area contributed by atoms with Gasteiger partial charge in [-0.3, -0.25) is 4.79 Å². The average molecular weight is 264 g/mol. The molecule has 4 nitrogen and oxygen atoms in total. The Morgan fingerprint density at radius 2 is 1.72 bits per heavy atom. The predicted molar refractivity (Wildman–Crippen MR) is 69.3 cm³/mol. The number of rotatable bonds is 5. The summed E-state index contributed by atoms with van der Waals surface area (Å²) >= 11 is 1.26. The third-order valence-electron chi connectivity index (χ3n) is 2.30. The van der Waals surface area contributed by atoms with E-state index in [1.807, 2.05) is 6.07 Å². The lowest BCUT2D eigenvalue weighted by Gasteiger charge is -2.12. The molecule has 0 N–H and O–H groups in total. The van der Waals surface area contributed by atoms with E-state index in [4.69, 9.17) is 14.2 Å². The van der Waals surface area contributed by atoms with Crippen LogP contribution in [0.4, 0.5) is 0 Å². The van der Waals surface area contributed by atoms with Crippen LogP contribution >= 0.6 is 11.3 Å². The summed E-state index contributed by atoms with van der Waals surface area (Å²) in [6.45, 7) is 0. The van der Waals surface area contributed by atoms with Crippen LogP contribution in [0.3, 0.4) is 0 Å². The van der Waals surface area contributed by atoms with Crippen LogP contribution in [0.1, 0.15) is 9.67 Å². The minimum atomic E-state index is 0.502. The van der Waals surface area contributed by atoms with Crippen molar-refractivity contribution in [2.24, 2.45) is 0 Å². The van der Waals surface area contributed by atoms with Gasteiger partial charge in [0.25, 0.3) is 0 Å². The van der Waals surface area contributed by atoms with Crippen LogP contribution in [0.2, 0.25) is 0 Å². The van der Waals surface area contributed by atoms with E-state index in [2.05, 4.69) is 0 Å². The van der Waals surface area contributed by atoms with Crippen LogP contribution in [-0.4, -0.2) is 20.5 Å². The third-order valence-corrected chi connectivity index (χ3v) is 3.19. The first kappa shape index (κ1) is 12.4. The minimum Gasteiger partial charge on any atom is -0.493 e. The van der Waals surface area contributed by atoms with Gasteiger partial charge in [-0.1, -0.05) is 17.4 Å². The van der Waals surface area contributed by atoms with Crippen molar-refractivity contribution in [3.63, 3.8) is 0 Å². The highest BCUT2D eigenvalue weighted by atomic mass is 32.1. The van der Waals surface area contributed by atoms with Gasteiger partial charge in [-0.2, -0.15) is 0 Å². The Hall–Kier alpha value is -2.01. The van der Waals surface area contributed by atoms with Gasteiger partial charge in [0, 0.05) is 0 Å². The normalized spacial score (nSPS) is 9.89. The van der Waals surface area contributed by atoms with Crippen LogP contribution < -0.4 is 14.2 Å². The Balaban J connectivity index is 2.34. The number of hydrogen-bond donors (Lipinski definition) is 0. The maximum Gasteiger partial charge on any atom is 0.212 e. The lowest BCUT2D eigenvalue weighted by Crippen LogP contribution is -1.93. The number of hydrogen-bond acceptors (Lipinski definition) is 5. The monoisotopic (exact) mass is 264 g/mol. The molecule has 0 saturated heterocycles. The lowest BCUT2D eigenvalue weighted by molar-refractivity contribution is 0.112. The van der Waals surface area contributed by atoms with E-state index in [1.165, 1.54) is 11.3 Å². The zero-order chi connectivity index (χ0) is 13.0. The first-order chi connectivity index (χ1) is 8.78. The zero-order valence-corrected chi connectivity index (χ0v) is 10.8. The van der Waals surface area contributed by atoms with Gasteiger partial charge in [-0.25, -0.2) is 0 Å². The van der Waals surface area contributed by atoms with Gasteiger partial charge in [-0.05, 0) is 24.3 Å². The van der Waals surface area contributed by atoms with Crippen LogP contribution in [0.25, 0.3) is 0 Å². The number of ether oxygens (including phenoxy) is 3. The van der Waals surface area contributed by atoms with E-state index in [-0.39, 0.29) is 0 Å². The van der Waals surface area contributed by atoms with Gasteiger partial charge in [0.15, 0.2) is 22.8 Å². The number of para-hydroxylation sites is 1. The highest BCUT2D eigenvalue weighted by Gasteiger charge is 2.13. The Morgan fingerprint density at radius 3 is 2.22 bits per heavy atom. The Kier molecular flexibility index (Phi) is 3.84. The number of carbonyl (C=O) groups excluding carboxylic acids is 1. The summed E-state index contributed by atoms with van der Waals surface area (Å²) in [6.07, 6.45) is 0.789. The smallest absolute Gasteiger partial charge is 0.212 e. The first-order valence-electron chi connectivity index (χ1n) is 5.22. The average Bonchev–Trinajstić information content (AvgIpc) is 2.86. The Bertz CT molecular complexity index is 525. The summed E-state index contributed by atoms with van der Waals surface area (Å²) in [4.78, 5) is 11.2. The van der Waals surface area contributed by atoms with E-state index in [0.29, 0.717) is 27.2 Å². The molecule has 0 bridgehead atoms. The number of carbonyl (C=O) groups is 1. The van der Waals surface area contributed by atoms with Crippen molar-refractivity contribution in [2.45, 2.75) is 0 Å². The van der Waals surface area contributed by atoms with Gasteiger partial charge >= 0.3 is 0 Å². The molecule has 0 spiro atoms. The molecule has 0 fully saturated rings. The van der Waals surface area contributed by atoms with Gasteiger partial charge in [0.1, 0.15) is 0 Å². The number of methoxy groups -OCH3 is 2. The topological polar surface area (TPSA) is 44.8 Å². The van der Waals surface area contributed by atoms with Crippen LogP contribution in [0.5, 0.6) is 22.3 Å². The van der Waals surface area contributed by atoms with Crippen LogP contribution in [-0.2, 0) is 0 Å². The molecule has 0 aliphatic heterocycles. The van der Waals surface area contributed by atoms with E-state index in [1.54, 1.807) is 38.5 Å². The second-order valence-corrected chi connectivity index (χ2v) is 4.45. The second kappa shape index (κ2) is 5.55. The highest BCUT2D eigenvalue weighted by Crippen LogP contribution is 2.41. The predicted octanol–water partition coefficient (Wildman–Crippen LogP) is 3.37. The second-order valence-electron chi connectivity index (χ2n) is 3.37. The molecule has 0 atom stereocenters. The summed E-state index contributed by atoms with van der Waals surface area (Å²) in [7, 11) is 3.12. The highest BCUT2D eigenvalue weighted by molar-refractivity contribution is 7.15. The molecule has 0 aliphatic carbocycles. The number of benzene rings is 1. The zero-order valence-electron chi connectivity index (χ0n) is 10.0. The third kappa shape index (κ3) is 2.46. The van der Waals surface area contributed by atoms with Crippen molar-refractivity contribution in [1.29, 1.82) is 0 Å². The molecule has 1 aromatic heterocycles. The van der Waals surface area contributed by atoms with Crippen LogP contribution in [0.15, 0.2) is 30.3 Å². The summed E-state index contributed by atoms with van der Waals surface area (Å²) in [6, 6.07) is 8.82. The van der Waals surface area contributed by atoms with Crippen molar-refractivity contribution >= 4 is 17.6 Å². The Morgan fingerprint density at radius 1 is 1.06 bits per heavy atom. The standard InChI is InChI=1S/C13H12O4S/c1-15-10-4-3-5-11(16-2)13(10)17-12-7-6-9(8-14)18-12/h3-8H,1-2H3. The van der Waals surface area contributed by atoms with Gasteiger partial charge < -0.3 is 14.2 Å².